The van der Waals surface area contributed by atoms with Crippen molar-refractivity contribution < 1.29 is 0 Å². The summed E-state index contributed by atoms with van der Waals surface area (Å²) in [5.74, 6) is 0. The van der Waals surface area contributed by atoms with Crippen LogP contribution in [0, 0.1) is 6.20 Å². The van der Waals surface area contributed by atoms with Crippen molar-refractivity contribution in [3.8, 4) is 11.3 Å². The lowest BCUT2D eigenvalue weighted by atomic mass is 10.2. The second-order valence-electron chi connectivity index (χ2n) is 2.05. The number of pyridine rings is 1. The van der Waals surface area contributed by atoms with E-state index < -0.39 is 0 Å². The van der Waals surface area contributed by atoms with Crippen molar-refractivity contribution in [1.82, 2.24) is 9.97 Å². The van der Waals surface area contributed by atoms with Crippen LogP contribution in [0.15, 0.2) is 29.2 Å². The minimum atomic E-state index is 0.994. The highest BCUT2D eigenvalue weighted by atomic mass is 32.1. The Labute approximate surface area is 68.6 Å². The monoisotopic (exact) mass is 161 g/mol. The molecule has 0 aliphatic carbocycles. The van der Waals surface area contributed by atoms with Gasteiger partial charge in [0.2, 0.25) is 0 Å². The molecule has 0 amide bonds. The van der Waals surface area contributed by atoms with Crippen molar-refractivity contribution in [2.24, 2.45) is 0 Å². The van der Waals surface area contributed by atoms with Gasteiger partial charge in [0, 0.05) is 17.1 Å². The summed E-state index contributed by atoms with van der Waals surface area (Å²) < 4.78 is 0. The molecule has 0 saturated heterocycles. The Hall–Kier alpha value is -1.22. The molecule has 2 aromatic heterocycles. The van der Waals surface area contributed by atoms with E-state index in [4.69, 9.17) is 0 Å². The predicted molar refractivity (Wildman–Crippen MR) is 44.2 cm³/mol. The van der Waals surface area contributed by atoms with Crippen LogP contribution in [-0.4, -0.2) is 9.97 Å². The zero-order chi connectivity index (χ0) is 7.52. The van der Waals surface area contributed by atoms with E-state index in [1.165, 1.54) is 0 Å². The van der Waals surface area contributed by atoms with E-state index in [9.17, 15) is 0 Å². The molecule has 0 unspecified atom stereocenters. The maximum Gasteiger partial charge on any atom is 0.0893 e. The number of aromatic nitrogens is 2. The molecule has 1 radical (unpaired) electrons. The van der Waals surface area contributed by atoms with Crippen LogP contribution in [0.2, 0.25) is 0 Å². The van der Waals surface area contributed by atoms with Gasteiger partial charge in [0.05, 0.1) is 17.4 Å². The fourth-order valence-electron chi connectivity index (χ4n) is 0.830. The van der Waals surface area contributed by atoms with Gasteiger partial charge >= 0.3 is 0 Å². The quantitative estimate of drug-likeness (QED) is 0.639. The predicted octanol–water partition coefficient (Wildman–Crippen LogP) is 2.01. The molecule has 0 spiro atoms. The van der Waals surface area contributed by atoms with Gasteiger partial charge in [0.15, 0.2) is 0 Å². The maximum absolute atomic E-state index is 4.16. The van der Waals surface area contributed by atoms with Gasteiger partial charge in [-0.25, -0.2) is 4.98 Å². The number of thiazole rings is 1. The third kappa shape index (κ3) is 1.28. The van der Waals surface area contributed by atoms with E-state index >= 15 is 0 Å². The van der Waals surface area contributed by atoms with Crippen LogP contribution < -0.4 is 0 Å². The van der Waals surface area contributed by atoms with Crippen LogP contribution in [0.4, 0.5) is 0 Å². The molecule has 0 atom stereocenters. The summed E-state index contributed by atoms with van der Waals surface area (Å²) in [4.78, 5) is 7.96. The first kappa shape index (κ1) is 6.49. The molecule has 0 aliphatic heterocycles. The topological polar surface area (TPSA) is 25.8 Å². The smallest absolute Gasteiger partial charge is 0.0893 e. The number of hydrogen-bond donors (Lipinski definition) is 0. The first-order chi connectivity index (χ1) is 5.47. The minimum absolute atomic E-state index is 0.994. The van der Waals surface area contributed by atoms with Crippen molar-refractivity contribution in [2.75, 3.05) is 0 Å². The summed E-state index contributed by atoms with van der Waals surface area (Å²) in [7, 11) is 0. The van der Waals surface area contributed by atoms with Crippen LogP contribution in [0.3, 0.4) is 0 Å². The summed E-state index contributed by atoms with van der Waals surface area (Å²) in [5.41, 5.74) is 3.88. The molecule has 3 heteroatoms. The Morgan fingerprint density at radius 1 is 1.45 bits per heavy atom. The van der Waals surface area contributed by atoms with Gasteiger partial charge in [-0.2, -0.15) is 0 Å². The molecule has 2 nitrogen and oxygen atoms in total. The van der Waals surface area contributed by atoms with E-state index in [0.717, 1.165) is 11.3 Å². The maximum atomic E-state index is 4.16. The van der Waals surface area contributed by atoms with Crippen molar-refractivity contribution in [1.29, 1.82) is 0 Å². The molecule has 2 heterocycles. The van der Waals surface area contributed by atoms with Gasteiger partial charge in [0.25, 0.3) is 0 Å². The van der Waals surface area contributed by atoms with E-state index in [-0.39, 0.29) is 0 Å². The zero-order valence-corrected chi connectivity index (χ0v) is 6.51. The van der Waals surface area contributed by atoms with Crippen molar-refractivity contribution in [3.05, 3.63) is 35.4 Å². The molecular formula is C8H5N2S. The molecule has 0 aliphatic rings. The number of hydrogen-bond acceptors (Lipinski definition) is 3. The summed E-state index contributed by atoms with van der Waals surface area (Å²) in [6.45, 7) is 0. The van der Waals surface area contributed by atoms with Crippen molar-refractivity contribution in [3.63, 3.8) is 0 Å². The largest absolute Gasteiger partial charge is 0.255 e. The molecule has 2 aromatic rings. The Morgan fingerprint density at radius 3 is 3.09 bits per heavy atom. The van der Waals surface area contributed by atoms with Crippen molar-refractivity contribution >= 4 is 11.3 Å². The number of nitrogens with zero attached hydrogens (tertiary/aromatic N) is 2. The third-order valence-corrected chi connectivity index (χ3v) is 1.94. The zero-order valence-electron chi connectivity index (χ0n) is 5.69. The van der Waals surface area contributed by atoms with Crippen LogP contribution in [-0.2, 0) is 0 Å². The van der Waals surface area contributed by atoms with Gasteiger partial charge in [-0.3, -0.25) is 4.98 Å². The molecule has 0 N–H and O–H groups in total. The summed E-state index contributed by atoms with van der Waals surface area (Å²) in [5, 5.41) is 2.00. The molecule has 0 aromatic carbocycles. The first-order valence-electron chi connectivity index (χ1n) is 3.17. The second kappa shape index (κ2) is 2.80. The summed E-state index contributed by atoms with van der Waals surface area (Å²) >= 11 is 1.59. The molecule has 0 fully saturated rings. The standard InChI is InChI=1S/C8H5N2S/c1-3-9-4-2-7(1)8-5-11-6-10-8/h1-3,5-6H. The van der Waals surface area contributed by atoms with Gasteiger partial charge < -0.3 is 0 Å². The summed E-state index contributed by atoms with van der Waals surface area (Å²) in [6.07, 6.45) is 4.48. The molecule has 11 heavy (non-hydrogen) atoms. The molecular weight excluding hydrogens is 156 g/mol. The van der Waals surface area contributed by atoms with Crippen LogP contribution >= 0.6 is 11.3 Å². The third-order valence-electron chi connectivity index (χ3n) is 1.35. The van der Waals surface area contributed by atoms with E-state index in [2.05, 4.69) is 16.2 Å². The molecule has 0 saturated carbocycles. The highest BCUT2D eigenvalue weighted by Crippen LogP contribution is 2.16. The molecule has 2 rings (SSSR count). The van der Waals surface area contributed by atoms with Crippen LogP contribution in [0.25, 0.3) is 11.3 Å². The second-order valence-corrected chi connectivity index (χ2v) is 2.77. The van der Waals surface area contributed by atoms with Crippen molar-refractivity contribution in [2.45, 2.75) is 0 Å². The van der Waals surface area contributed by atoms with E-state index in [1.54, 1.807) is 17.5 Å². The minimum Gasteiger partial charge on any atom is -0.255 e. The van der Waals surface area contributed by atoms with Crippen LogP contribution in [0.1, 0.15) is 0 Å². The average Bonchev–Trinajstić information content (AvgIpc) is 2.58. The van der Waals surface area contributed by atoms with E-state index in [1.807, 2.05) is 23.0 Å². The van der Waals surface area contributed by atoms with Gasteiger partial charge in [-0.1, -0.05) is 0 Å². The highest BCUT2D eigenvalue weighted by molar-refractivity contribution is 7.07. The van der Waals surface area contributed by atoms with Gasteiger partial charge in [-0.05, 0) is 12.1 Å². The molecule has 53 valence electrons. The Kier molecular flexibility index (Phi) is 1.65. The SMILES string of the molecule is [c]1cc(-c2cscn2)ccn1. The lowest BCUT2D eigenvalue weighted by Crippen LogP contribution is -1.76. The van der Waals surface area contributed by atoms with Gasteiger partial charge in [-0.15, -0.1) is 11.3 Å². The fraction of sp³-hybridized carbons (Fsp3) is 0. The summed E-state index contributed by atoms with van der Waals surface area (Å²) in [6, 6.07) is 3.75. The van der Waals surface area contributed by atoms with Crippen LogP contribution in [0.5, 0.6) is 0 Å². The fourth-order valence-corrected chi connectivity index (χ4v) is 1.39. The Balaban J connectivity index is 2.46. The normalized spacial score (nSPS) is 9.82. The highest BCUT2D eigenvalue weighted by Gasteiger charge is 1.96. The Bertz CT molecular complexity index is 315. The number of rotatable bonds is 1. The average molecular weight is 161 g/mol. The van der Waals surface area contributed by atoms with E-state index in [0.29, 0.717) is 0 Å². The Morgan fingerprint density at radius 2 is 2.45 bits per heavy atom. The van der Waals surface area contributed by atoms with Gasteiger partial charge in [0.1, 0.15) is 0 Å². The lowest BCUT2D eigenvalue weighted by Gasteiger charge is -1.91. The first-order valence-corrected chi connectivity index (χ1v) is 4.12. The molecule has 0 bridgehead atoms. The lowest BCUT2D eigenvalue weighted by molar-refractivity contribution is 1.30.